The first-order chi connectivity index (χ1) is 6.93. The summed E-state index contributed by atoms with van der Waals surface area (Å²) in [6.07, 6.45) is 1.39. The molecule has 15 heavy (non-hydrogen) atoms. The molecule has 3 rings (SSSR count). The standard InChI is InChI=1S/C11H16N2S.ClH/c1-2-10(14-5-1)8-13-4-3-9-6-12-7-11(9)13;/h1-2,5,9,11-12H,3-4,6-8H2;1H/t9-,11+;/m0./s1. The first-order valence-corrected chi connectivity index (χ1v) is 6.28. The molecular weight excluding hydrogens is 228 g/mol. The monoisotopic (exact) mass is 244 g/mol. The van der Waals surface area contributed by atoms with Gasteiger partial charge in [0.15, 0.2) is 0 Å². The van der Waals surface area contributed by atoms with Gasteiger partial charge in [-0.3, -0.25) is 4.90 Å². The van der Waals surface area contributed by atoms with Crippen LogP contribution in [0.5, 0.6) is 0 Å². The lowest BCUT2D eigenvalue weighted by molar-refractivity contribution is 0.246. The van der Waals surface area contributed by atoms with E-state index in [0.717, 1.165) is 12.0 Å². The third-order valence-corrected chi connectivity index (χ3v) is 4.36. The van der Waals surface area contributed by atoms with Gasteiger partial charge in [0.25, 0.3) is 0 Å². The van der Waals surface area contributed by atoms with Crippen LogP contribution in [0.25, 0.3) is 0 Å². The molecular formula is C11H17ClN2S. The minimum Gasteiger partial charge on any atom is -0.315 e. The zero-order valence-electron chi connectivity index (χ0n) is 8.69. The molecule has 0 unspecified atom stereocenters. The minimum absolute atomic E-state index is 0. The van der Waals surface area contributed by atoms with Gasteiger partial charge in [0.05, 0.1) is 0 Å². The van der Waals surface area contributed by atoms with Crippen molar-refractivity contribution in [3.63, 3.8) is 0 Å². The topological polar surface area (TPSA) is 15.3 Å². The highest BCUT2D eigenvalue weighted by Gasteiger charge is 2.37. The Kier molecular flexibility index (Phi) is 3.67. The number of hydrogen-bond donors (Lipinski definition) is 1. The summed E-state index contributed by atoms with van der Waals surface area (Å²) in [6, 6.07) is 5.22. The number of nitrogens with one attached hydrogen (secondary N) is 1. The van der Waals surface area contributed by atoms with E-state index < -0.39 is 0 Å². The van der Waals surface area contributed by atoms with Crippen molar-refractivity contribution in [3.05, 3.63) is 22.4 Å². The Morgan fingerprint density at radius 1 is 1.47 bits per heavy atom. The van der Waals surface area contributed by atoms with Crippen molar-refractivity contribution in [2.45, 2.75) is 19.0 Å². The molecule has 0 aliphatic carbocycles. The van der Waals surface area contributed by atoms with E-state index in [2.05, 4.69) is 27.7 Å². The Hall–Kier alpha value is -0.0900. The molecule has 2 nitrogen and oxygen atoms in total. The van der Waals surface area contributed by atoms with Crippen LogP contribution < -0.4 is 5.32 Å². The number of halogens is 1. The van der Waals surface area contributed by atoms with Gasteiger partial charge in [0.2, 0.25) is 0 Å². The predicted octanol–water partition coefficient (Wildman–Crippen LogP) is 1.96. The van der Waals surface area contributed by atoms with Crippen molar-refractivity contribution in [2.75, 3.05) is 19.6 Å². The van der Waals surface area contributed by atoms with E-state index >= 15 is 0 Å². The average molecular weight is 245 g/mol. The van der Waals surface area contributed by atoms with Crippen molar-refractivity contribution in [1.29, 1.82) is 0 Å². The Labute approximate surface area is 101 Å². The van der Waals surface area contributed by atoms with E-state index in [9.17, 15) is 0 Å². The van der Waals surface area contributed by atoms with Crippen molar-refractivity contribution < 1.29 is 0 Å². The number of thiophene rings is 1. The fourth-order valence-electron chi connectivity index (χ4n) is 2.74. The van der Waals surface area contributed by atoms with Gasteiger partial charge in [-0.1, -0.05) is 6.07 Å². The quantitative estimate of drug-likeness (QED) is 0.856. The summed E-state index contributed by atoms with van der Waals surface area (Å²) in [7, 11) is 0. The fourth-order valence-corrected chi connectivity index (χ4v) is 3.47. The van der Waals surface area contributed by atoms with Crippen LogP contribution in [0.2, 0.25) is 0 Å². The van der Waals surface area contributed by atoms with Crippen molar-refractivity contribution in [3.8, 4) is 0 Å². The van der Waals surface area contributed by atoms with E-state index in [1.807, 2.05) is 11.3 Å². The maximum atomic E-state index is 3.50. The van der Waals surface area contributed by atoms with Crippen LogP contribution >= 0.6 is 23.7 Å². The molecule has 0 radical (unpaired) electrons. The fraction of sp³-hybridized carbons (Fsp3) is 0.636. The molecule has 1 N–H and O–H groups in total. The lowest BCUT2D eigenvalue weighted by Gasteiger charge is -2.22. The van der Waals surface area contributed by atoms with Crippen molar-refractivity contribution in [1.82, 2.24) is 10.2 Å². The average Bonchev–Trinajstić information content (AvgIpc) is 2.85. The van der Waals surface area contributed by atoms with E-state index in [1.54, 1.807) is 0 Å². The molecule has 0 aromatic carbocycles. The lowest BCUT2D eigenvalue weighted by atomic mass is 10.1. The SMILES string of the molecule is Cl.c1csc(CN2CC[C@H]3CNC[C@H]32)c1. The Balaban J connectivity index is 0.000000853. The summed E-state index contributed by atoms with van der Waals surface area (Å²) in [5.41, 5.74) is 0. The van der Waals surface area contributed by atoms with E-state index in [0.29, 0.717) is 0 Å². The zero-order chi connectivity index (χ0) is 9.38. The summed E-state index contributed by atoms with van der Waals surface area (Å²) < 4.78 is 0. The van der Waals surface area contributed by atoms with Gasteiger partial charge in [-0.25, -0.2) is 0 Å². The van der Waals surface area contributed by atoms with Gasteiger partial charge in [0, 0.05) is 24.0 Å². The van der Waals surface area contributed by atoms with E-state index in [-0.39, 0.29) is 12.4 Å². The molecule has 3 heterocycles. The summed E-state index contributed by atoms with van der Waals surface area (Å²) in [5, 5.41) is 5.67. The molecule has 84 valence electrons. The van der Waals surface area contributed by atoms with Crippen LogP contribution in [0.4, 0.5) is 0 Å². The van der Waals surface area contributed by atoms with E-state index in [4.69, 9.17) is 0 Å². The second kappa shape index (κ2) is 4.83. The second-order valence-corrected chi connectivity index (χ2v) is 5.36. The minimum atomic E-state index is 0. The largest absolute Gasteiger partial charge is 0.315 e. The molecule has 0 spiro atoms. The third kappa shape index (κ3) is 2.21. The summed E-state index contributed by atoms with van der Waals surface area (Å²) in [6.45, 7) is 4.91. The highest BCUT2D eigenvalue weighted by molar-refractivity contribution is 7.09. The molecule has 4 heteroatoms. The molecule has 2 saturated heterocycles. The molecule has 2 atom stereocenters. The Morgan fingerprint density at radius 3 is 3.20 bits per heavy atom. The van der Waals surface area contributed by atoms with Gasteiger partial charge in [0.1, 0.15) is 0 Å². The maximum Gasteiger partial charge on any atom is 0.0331 e. The molecule has 0 amide bonds. The number of hydrogen-bond acceptors (Lipinski definition) is 3. The maximum absolute atomic E-state index is 3.50. The van der Waals surface area contributed by atoms with Crippen LogP contribution in [-0.2, 0) is 6.54 Å². The van der Waals surface area contributed by atoms with Gasteiger partial charge in [-0.15, -0.1) is 23.7 Å². The summed E-state index contributed by atoms with van der Waals surface area (Å²) in [5.74, 6) is 0.926. The smallest absolute Gasteiger partial charge is 0.0331 e. The van der Waals surface area contributed by atoms with Gasteiger partial charge in [-0.2, -0.15) is 0 Å². The van der Waals surface area contributed by atoms with E-state index in [1.165, 1.54) is 37.5 Å². The summed E-state index contributed by atoms with van der Waals surface area (Å²) >= 11 is 1.88. The Bertz CT molecular complexity index is 302. The van der Waals surface area contributed by atoms with Gasteiger partial charge >= 0.3 is 0 Å². The molecule has 0 saturated carbocycles. The van der Waals surface area contributed by atoms with Crippen molar-refractivity contribution >= 4 is 23.7 Å². The van der Waals surface area contributed by atoms with Crippen LogP contribution in [0.3, 0.4) is 0 Å². The Morgan fingerprint density at radius 2 is 2.40 bits per heavy atom. The zero-order valence-corrected chi connectivity index (χ0v) is 10.3. The molecule has 2 aliphatic rings. The van der Waals surface area contributed by atoms with Crippen molar-refractivity contribution in [2.24, 2.45) is 5.92 Å². The molecule has 2 fully saturated rings. The predicted molar refractivity (Wildman–Crippen MR) is 66.7 cm³/mol. The lowest BCUT2D eigenvalue weighted by Crippen LogP contribution is -2.33. The van der Waals surface area contributed by atoms with Crippen LogP contribution in [0.1, 0.15) is 11.3 Å². The molecule has 0 bridgehead atoms. The second-order valence-electron chi connectivity index (χ2n) is 4.32. The van der Waals surface area contributed by atoms with Crippen LogP contribution in [0, 0.1) is 5.92 Å². The number of likely N-dealkylation sites (tertiary alicyclic amines) is 1. The van der Waals surface area contributed by atoms with Gasteiger partial charge in [-0.05, 0) is 36.9 Å². The van der Waals surface area contributed by atoms with Crippen LogP contribution in [-0.4, -0.2) is 30.6 Å². The van der Waals surface area contributed by atoms with Gasteiger partial charge < -0.3 is 5.32 Å². The highest BCUT2D eigenvalue weighted by Crippen LogP contribution is 2.29. The first kappa shape index (κ1) is 11.4. The van der Waals surface area contributed by atoms with Crippen LogP contribution in [0.15, 0.2) is 17.5 Å². The highest BCUT2D eigenvalue weighted by atomic mass is 35.5. The summed E-state index contributed by atoms with van der Waals surface area (Å²) in [4.78, 5) is 4.16. The number of rotatable bonds is 2. The number of nitrogens with zero attached hydrogens (tertiary/aromatic N) is 1. The first-order valence-electron chi connectivity index (χ1n) is 5.40. The molecule has 1 aromatic heterocycles. The molecule has 1 aromatic rings. The normalized spacial score (nSPS) is 30.1. The molecule has 2 aliphatic heterocycles. The third-order valence-electron chi connectivity index (χ3n) is 3.50. The number of fused-ring (bicyclic) bond motifs is 1.